The first kappa shape index (κ1) is 18.8. The molecular formula is C17H20N2O5S2. The van der Waals surface area contributed by atoms with Gasteiger partial charge in [-0.2, -0.15) is 4.31 Å². The number of carbonyl (C=O) groups is 1. The van der Waals surface area contributed by atoms with E-state index in [1.165, 1.54) is 10.4 Å². The van der Waals surface area contributed by atoms with E-state index in [-0.39, 0.29) is 22.1 Å². The molecule has 2 heterocycles. The number of aromatic hydroxyl groups is 1. The zero-order chi connectivity index (χ0) is 18.7. The summed E-state index contributed by atoms with van der Waals surface area (Å²) in [6.45, 7) is 3.50. The predicted molar refractivity (Wildman–Crippen MR) is 97.9 cm³/mol. The number of hydrogen-bond acceptors (Lipinski definition) is 6. The second-order valence-electron chi connectivity index (χ2n) is 5.94. The lowest BCUT2D eigenvalue weighted by atomic mass is 10.1. The lowest BCUT2D eigenvalue weighted by Gasteiger charge is -2.25. The zero-order valence-corrected chi connectivity index (χ0v) is 15.9. The number of ether oxygens (including phenoxy) is 1. The number of carbonyl (C=O) groups excluding carboxylic acids is 1. The standard InChI is InChI=1S/C17H20N2O5S2/c1-12-2-4-14(15(20)10-12)17(21)18-11-13-3-5-16(25-13)26(22,23)19-6-8-24-9-7-19/h2-5,10,20H,6-9,11H2,1H3,(H,18,21). The maximum atomic E-state index is 12.6. The zero-order valence-electron chi connectivity index (χ0n) is 14.3. The van der Waals surface area contributed by atoms with Crippen molar-refractivity contribution in [2.24, 2.45) is 0 Å². The molecule has 1 fully saturated rings. The Hall–Kier alpha value is -1.94. The molecule has 7 nitrogen and oxygen atoms in total. The molecule has 0 radical (unpaired) electrons. The predicted octanol–water partition coefficient (Wildman–Crippen LogP) is 1.71. The van der Waals surface area contributed by atoms with Gasteiger partial charge in [-0.1, -0.05) is 6.07 Å². The third kappa shape index (κ3) is 4.07. The molecule has 0 spiro atoms. The van der Waals surface area contributed by atoms with Crippen LogP contribution in [0.4, 0.5) is 0 Å². The van der Waals surface area contributed by atoms with Crippen LogP contribution in [-0.2, 0) is 21.3 Å². The molecule has 1 saturated heterocycles. The first-order valence-electron chi connectivity index (χ1n) is 8.12. The van der Waals surface area contributed by atoms with Crippen molar-refractivity contribution in [2.45, 2.75) is 17.7 Å². The van der Waals surface area contributed by atoms with E-state index in [1.807, 2.05) is 6.92 Å². The smallest absolute Gasteiger partial charge is 0.255 e. The molecule has 26 heavy (non-hydrogen) atoms. The molecule has 0 saturated carbocycles. The maximum Gasteiger partial charge on any atom is 0.255 e. The Morgan fingerprint density at radius 2 is 2.00 bits per heavy atom. The average molecular weight is 396 g/mol. The molecule has 2 N–H and O–H groups in total. The molecule has 9 heteroatoms. The summed E-state index contributed by atoms with van der Waals surface area (Å²) in [6, 6.07) is 8.07. The largest absolute Gasteiger partial charge is 0.507 e. The fraction of sp³-hybridized carbons (Fsp3) is 0.353. The highest BCUT2D eigenvalue weighted by Gasteiger charge is 2.27. The van der Waals surface area contributed by atoms with Crippen molar-refractivity contribution in [1.29, 1.82) is 0 Å². The van der Waals surface area contributed by atoms with Gasteiger partial charge in [0.2, 0.25) is 0 Å². The fourth-order valence-electron chi connectivity index (χ4n) is 2.60. The molecule has 0 unspecified atom stereocenters. The van der Waals surface area contributed by atoms with Crippen LogP contribution in [-0.4, -0.2) is 50.0 Å². The summed E-state index contributed by atoms with van der Waals surface area (Å²) in [5.41, 5.74) is 1.04. The van der Waals surface area contributed by atoms with Gasteiger partial charge in [0, 0.05) is 18.0 Å². The van der Waals surface area contributed by atoms with Crippen LogP contribution in [0.2, 0.25) is 0 Å². The number of benzene rings is 1. The normalized spacial score (nSPS) is 15.7. The van der Waals surface area contributed by atoms with Crippen LogP contribution in [0.1, 0.15) is 20.8 Å². The minimum absolute atomic E-state index is 0.0794. The Bertz CT molecular complexity index is 902. The minimum Gasteiger partial charge on any atom is -0.507 e. The quantitative estimate of drug-likeness (QED) is 0.802. The summed E-state index contributed by atoms with van der Waals surface area (Å²) in [6.07, 6.45) is 0. The van der Waals surface area contributed by atoms with Gasteiger partial charge in [0.25, 0.3) is 15.9 Å². The Morgan fingerprint density at radius 1 is 1.27 bits per heavy atom. The number of hydrogen-bond donors (Lipinski definition) is 2. The summed E-state index contributed by atoms with van der Waals surface area (Å²) < 4.78 is 32.0. The number of aryl methyl sites for hydroxylation is 1. The summed E-state index contributed by atoms with van der Waals surface area (Å²) in [5.74, 6) is -0.488. The first-order chi connectivity index (χ1) is 12.4. The topological polar surface area (TPSA) is 95.9 Å². The number of amides is 1. The van der Waals surface area contributed by atoms with Gasteiger partial charge in [0.05, 0.1) is 25.3 Å². The summed E-state index contributed by atoms with van der Waals surface area (Å²) in [5, 5.41) is 12.6. The Kier molecular flexibility index (Phi) is 5.61. The van der Waals surface area contributed by atoms with Crippen molar-refractivity contribution in [3.05, 3.63) is 46.3 Å². The van der Waals surface area contributed by atoms with E-state index in [0.29, 0.717) is 26.3 Å². The average Bonchev–Trinajstić information content (AvgIpc) is 3.10. The minimum atomic E-state index is -3.52. The Labute approximate surface area is 156 Å². The highest BCUT2D eigenvalue weighted by atomic mass is 32.2. The molecule has 140 valence electrons. The first-order valence-corrected chi connectivity index (χ1v) is 10.4. The molecule has 2 aromatic rings. The fourth-order valence-corrected chi connectivity index (χ4v) is 5.46. The van der Waals surface area contributed by atoms with Crippen molar-refractivity contribution >= 4 is 27.3 Å². The van der Waals surface area contributed by atoms with Gasteiger partial charge in [-0.25, -0.2) is 8.42 Å². The Morgan fingerprint density at radius 3 is 2.69 bits per heavy atom. The second kappa shape index (κ2) is 7.75. The molecule has 0 aliphatic carbocycles. The number of phenolic OH excluding ortho intramolecular Hbond substituents is 1. The summed E-state index contributed by atoms with van der Waals surface area (Å²) in [4.78, 5) is 12.9. The van der Waals surface area contributed by atoms with Crippen LogP contribution in [0.15, 0.2) is 34.5 Å². The highest BCUT2D eigenvalue weighted by molar-refractivity contribution is 7.91. The number of nitrogens with one attached hydrogen (secondary N) is 1. The lowest BCUT2D eigenvalue weighted by Crippen LogP contribution is -2.40. The van der Waals surface area contributed by atoms with Gasteiger partial charge in [-0.05, 0) is 36.8 Å². The number of thiophene rings is 1. The number of sulfonamides is 1. The van der Waals surface area contributed by atoms with Gasteiger partial charge in [-0.3, -0.25) is 4.79 Å². The van der Waals surface area contributed by atoms with Gasteiger partial charge >= 0.3 is 0 Å². The highest BCUT2D eigenvalue weighted by Crippen LogP contribution is 2.26. The van der Waals surface area contributed by atoms with E-state index >= 15 is 0 Å². The van der Waals surface area contributed by atoms with Crippen molar-refractivity contribution in [3.63, 3.8) is 0 Å². The molecule has 1 aromatic heterocycles. The van der Waals surface area contributed by atoms with Crippen LogP contribution in [0.5, 0.6) is 5.75 Å². The van der Waals surface area contributed by atoms with E-state index in [9.17, 15) is 18.3 Å². The van der Waals surface area contributed by atoms with Crippen LogP contribution >= 0.6 is 11.3 Å². The molecule has 1 aliphatic heterocycles. The van der Waals surface area contributed by atoms with Gasteiger partial charge < -0.3 is 15.2 Å². The molecular weight excluding hydrogens is 376 g/mol. The summed E-state index contributed by atoms with van der Waals surface area (Å²) >= 11 is 1.13. The molecule has 1 amide bonds. The third-order valence-electron chi connectivity index (χ3n) is 4.02. The number of phenols is 1. The van der Waals surface area contributed by atoms with Crippen molar-refractivity contribution in [3.8, 4) is 5.75 Å². The molecule has 0 atom stereocenters. The van der Waals surface area contributed by atoms with Crippen molar-refractivity contribution in [2.75, 3.05) is 26.3 Å². The number of nitrogens with zero attached hydrogens (tertiary/aromatic N) is 1. The van der Waals surface area contributed by atoms with Crippen LogP contribution < -0.4 is 5.32 Å². The van der Waals surface area contributed by atoms with E-state index in [2.05, 4.69) is 5.32 Å². The van der Waals surface area contributed by atoms with Crippen molar-refractivity contribution < 1.29 is 23.1 Å². The van der Waals surface area contributed by atoms with E-state index in [1.54, 1.807) is 24.3 Å². The van der Waals surface area contributed by atoms with Crippen LogP contribution in [0.3, 0.4) is 0 Å². The molecule has 1 aromatic carbocycles. The third-order valence-corrected chi connectivity index (χ3v) is 7.47. The van der Waals surface area contributed by atoms with E-state index in [0.717, 1.165) is 21.8 Å². The van der Waals surface area contributed by atoms with E-state index in [4.69, 9.17) is 4.74 Å². The maximum absolute atomic E-state index is 12.6. The SMILES string of the molecule is Cc1ccc(C(=O)NCc2ccc(S(=O)(=O)N3CCOCC3)s2)c(O)c1. The lowest BCUT2D eigenvalue weighted by molar-refractivity contribution is 0.0731. The van der Waals surface area contributed by atoms with Gasteiger partial charge in [-0.15, -0.1) is 11.3 Å². The number of morpholine rings is 1. The molecule has 0 bridgehead atoms. The molecule has 1 aliphatic rings. The molecule has 3 rings (SSSR count). The van der Waals surface area contributed by atoms with Crippen LogP contribution in [0, 0.1) is 6.92 Å². The van der Waals surface area contributed by atoms with Crippen molar-refractivity contribution in [1.82, 2.24) is 9.62 Å². The monoisotopic (exact) mass is 396 g/mol. The van der Waals surface area contributed by atoms with Gasteiger partial charge in [0.15, 0.2) is 0 Å². The van der Waals surface area contributed by atoms with Gasteiger partial charge in [0.1, 0.15) is 9.96 Å². The summed E-state index contributed by atoms with van der Waals surface area (Å²) in [7, 11) is -3.52. The van der Waals surface area contributed by atoms with E-state index < -0.39 is 15.9 Å². The second-order valence-corrected chi connectivity index (χ2v) is 9.27. The van der Waals surface area contributed by atoms with Crippen LogP contribution in [0.25, 0.3) is 0 Å². The Balaban J connectivity index is 1.66. The number of rotatable bonds is 5.